The van der Waals surface area contributed by atoms with E-state index in [0.717, 1.165) is 11.1 Å². The lowest BCUT2D eigenvalue weighted by atomic mass is 10.1. The van der Waals surface area contributed by atoms with Crippen LogP contribution in [0.4, 0.5) is 11.4 Å². The number of ether oxygens (including phenoxy) is 1. The van der Waals surface area contributed by atoms with Crippen LogP contribution in [0.15, 0.2) is 36.4 Å². The maximum atomic E-state index is 12.6. The third-order valence-corrected chi connectivity index (χ3v) is 3.86. The lowest BCUT2D eigenvalue weighted by molar-refractivity contribution is 0.0993. The summed E-state index contributed by atoms with van der Waals surface area (Å²) in [6.45, 7) is 1.17. The molecule has 0 unspecified atom stereocenters. The Labute approximate surface area is 128 Å². The van der Waals surface area contributed by atoms with Gasteiger partial charge in [0.25, 0.3) is 5.91 Å². The Bertz CT molecular complexity index is 715. The van der Waals surface area contributed by atoms with Crippen LogP contribution in [-0.2, 0) is 18.0 Å². The molecule has 21 heavy (non-hydrogen) atoms. The third kappa shape index (κ3) is 2.60. The molecule has 0 saturated heterocycles. The largest absolute Gasteiger partial charge is 0.397 e. The van der Waals surface area contributed by atoms with Crippen molar-refractivity contribution in [3.05, 3.63) is 58.1 Å². The average Bonchev–Trinajstić information content (AvgIpc) is 2.95. The van der Waals surface area contributed by atoms with Gasteiger partial charge in [-0.25, -0.2) is 0 Å². The highest BCUT2D eigenvalue weighted by molar-refractivity contribution is 6.31. The third-order valence-electron chi connectivity index (χ3n) is 3.63. The summed E-state index contributed by atoms with van der Waals surface area (Å²) in [4.78, 5) is 14.1. The molecule has 2 aromatic carbocycles. The van der Waals surface area contributed by atoms with Crippen molar-refractivity contribution < 1.29 is 9.53 Å². The van der Waals surface area contributed by atoms with Gasteiger partial charge in [-0.05, 0) is 41.5 Å². The fourth-order valence-corrected chi connectivity index (χ4v) is 2.58. The molecule has 0 spiro atoms. The minimum absolute atomic E-state index is 0.126. The monoisotopic (exact) mass is 302 g/mol. The Morgan fingerprint density at radius 2 is 1.95 bits per heavy atom. The number of nitrogens with two attached hydrogens (primary N) is 1. The van der Waals surface area contributed by atoms with Gasteiger partial charge in [-0.1, -0.05) is 17.7 Å². The number of anilines is 2. The van der Waals surface area contributed by atoms with E-state index in [0.29, 0.717) is 35.2 Å². The standard InChI is InChI=1S/C16H15ClN2O2/c1-19(15-7-13(17)4-5-14(15)18)16(20)10-2-3-11-8-21-9-12(11)6-10/h2-7H,8-9,18H2,1H3. The summed E-state index contributed by atoms with van der Waals surface area (Å²) in [7, 11) is 1.69. The lowest BCUT2D eigenvalue weighted by Crippen LogP contribution is -2.27. The molecule has 2 N–H and O–H groups in total. The molecule has 0 radical (unpaired) electrons. The van der Waals surface area contributed by atoms with E-state index in [9.17, 15) is 4.79 Å². The van der Waals surface area contributed by atoms with E-state index in [4.69, 9.17) is 22.1 Å². The number of carbonyl (C=O) groups excluding carboxylic acids is 1. The van der Waals surface area contributed by atoms with Crippen LogP contribution in [0, 0.1) is 0 Å². The zero-order chi connectivity index (χ0) is 15.0. The summed E-state index contributed by atoms with van der Waals surface area (Å²) in [6.07, 6.45) is 0. The molecule has 2 aromatic rings. The van der Waals surface area contributed by atoms with E-state index in [1.807, 2.05) is 18.2 Å². The van der Waals surface area contributed by atoms with Gasteiger partial charge in [0.2, 0.25) is 0 Å². The van der Waals surface area contributed by atoms with Crippen LogP contribution in [0.5, 0.6) is 0 Å². The van der Waals surface area contributed by atoms with Gasteiger partial charge in [-0.15, -0.1) is 0 Å². The van der Waals surface area contributed by atoms with Crippen molar-refractivity contribution in [3.63, 3.8) is 0 Å². The van der Waals surface area contributed by atoms with Gasteiger partial charge in [0.05, 0.1) is 24.6 Å². The first-order chi connectivity index (χ1) is 10.1. The van der Waals surface area contributed by atoms with Crippen molar-refractivity contribution >= 4 is 28.9 Å². The maximum absolute atomic E-state index is 12.6. The molecule has 4 nitrogen and oxygen atoms in total. The number of halogens is 1. The van der Waals surface area contributed by atoms with Crippen LogP contribution >= 0.6 is 11.6 Å². The van der Waals surface area contributed by atoms with Gasteiger partial charge in [0.1, 0.15) is 0 Å². The number of benzene rings is 2. The topological polar surface area (TPSA) is 55.6 Å². The SMILES string of the molecule is CN(C(=O)c1ccc2c(c1)COC2)c1cc(Cl)ccc1N. The molecule has 1 heterocycles. The number of hydrogen-bond donors (Lipinski definition) is 1. The van der Waals surface area contributed by atoms with Crippen LogP contribution in [0.25, 0.3) is 0 Å². The summed E-state index contributed by atoms with van der Waals surface area (Å²) in [6, 6.07) is 10.7. The first-order valence-corrected chi connectivity index (χ1v) is 6.96. The highest BCUT2D eigenvalue weighted by Crippen LogP contribution is 2.28. The molecule has 1 aliphatic heterocycles. The predicted molar refractivity (Wildman–Crippen MR) is 83.5 cm³/mol. The summed E-state index contributed by atoms with van der Waals surface area (Å²) in [5.74, 6) is -0.126. The minimum Gasteiger partial charge on any atom is -0.397 e. The van der Waals surface area contributed by atoms with E-state index in [1.165, 1.54) is 4.90 Å². The Morgan fingerprint density at radius 3 is 2.76 bits per heavy atom. The molecular formula is C16H15ClN2O2. The van der Waals surface area contributed by atoms with E-state index in [-0.39, 0.29) is 5.91 Å². The Kier molecular flexibility index (Phi) is 3.57. The summed E-state index contributed by atoms with van der Waals surface area (Å²) in [5, 5.41) is 0.543. The molecule has 0 aliphatic carbocycles. The Balaban J connectivity index is 1.92. The number of fused-ring (bicyclic) bond motifs is 1. The first kappa shape index (κ1) is 13.9. The summed E-state index contributed by atoms with van der Waals surface area (Å²) in [5.41, 5.74) is 9.85. The van der Waals surface area contributed by atoms with Crippen LogP contribution in [0.3, 0.4) is 0 Å². The molecule has 0 fully saturated rings. The van der Waals surface area contributed by atoms with Crippen LogP contribution in [0.2, 0.25) is 5.02 Å². The van der Waals surface area contributed by atoms with E-state index < -0.39 is 0 Å². The highest BCUT2D eigenvalue weighted by atomic mass is 35.5. The van der Waals surface area contributed by atoms with Crippen LogP contribution < -0.4 is 10.6 Å². The fraction of sp³-hybridized carbons (Fsp3) is 0.188. The first-order valence-electron chi connectivity index (χ1n) is 6.59. The number of nitrogens with zero attached hydrogens (tertiary/aromatic N) is 1. The molecule has 0 saturated carbocycles. The van der Waals surface area contributed by atoms with Crippen molar-refractivity contribution in [1.82, 2.24) is 0 Å². The van der Waals surface area contributed by atoms with Crippen molar-refractivity contribution in [2.75, 3.05) is 17.7 Å². The molecule has 1 amide bonds. The number of carbonyl (C=O) groups is 1. The van der Waals surface area contributed by atoms with Gasteiger partial charge in [-0.3, -0.25) is 4.79 Å². The maximum Gasteiger partial charge on any atom is 0.258 e. The molecule has 3 rings (SSSR count). The van der Waals surface area contributed by atoms with Crippen molar-refractivity contribution in [2.45, 2.75) is 13.2 Å². The zero-order valence-corrected chi connectivity index (χ0v) is 12.4. The predicted octanol–water partition coefficient (Wildman–Crippen LogP) is 3.23. The smallest absolute Gasteiger partial charge is 0.258 e. The number of hydrogen-bond acceptors (Lipinski definition) is 3. The van der Waals surface area contributed by atoms with Crippen molar-refractivity contribution in [2.24, 2.45) is 0 Å². The van der Waals surface area contributed by atoms with Gasteiger partial charge >= 0.3 is 0 Å². The number of amides is 1. The Morgan fingerprint density at radius 1 is 1.19 bits per heavy atom. The molecule has 0 atom stereocenters. The van der Waals surface area contributed by atoms with E-state index >= 15 is 0 Å². The summed E-state index contributed by atoms with van der Waals surface area (Å²) >= 11 is 5.98. The summed E-state index contributed by atoms with van der Waals surface area (Å²) < 4.78 is 5.37. The van der Waals surface area contributed by atoms with Gasteiger partial charge in [0, 0.05) is 17.6 Å². The van der Waals surface area contributed by atoms with Gasteiger partial charge < -0.3 is 15.4 Å². The normalized spacial score (nSPS) is 13.0. The van der Waals surface area contributed by atoms with Gasteiger partial charge in [0.15, 0.2) is 0 Å². The number of nitrogen functional groups attached to an aromatic ring is 1. The zero-order valence-electron chi connectivity index (χ0n) is 11.6. The quantitative estimate of drug-likeness (QED) is 0.867. The average molecular weight is 303 g/mol. The molecular weight excluding hydrogens is 288 g/mol. The second-order valence-electron chi connectivity index (χ2n) is 5.04. The number of rotatable bonds is 2. The molecule has 0 bridgehead atoms. The van der Waals surface area contributed by atoms with Crippen molar-refractivity contribution in [1.29, 1.82) is 0 Å². The minimum atomic E-state index is -0.126. The molecule has 108 valence electrons. The van der Waals surface area contributed by atoms with Crippen LogP contribution in [-0.4, -0.2) is 13.0 Å². The second kappa shape index (κ2) is 5.39. The molecule has 1 aliphatic rings. The molecule has 0 aromatic heterocycles. The van der Waals surface area contributed by atoms with Crippen LogP contribution in [0.1, 0.15) is 21.5 Å². The van der Waals surface area contributed by atoms with Gasteiger partial charge in [-0.2, -0.15) is 0 Å². The lowest BCUT2D eigenvalue weighted by Gasteiger charge is -2.20. The second-order valence-corrected chi connectivity index (χ2v) is 5.48. The Hall–Kier alpha value is -2.04. The van der Waals surface area contributed by atoms with E-state index in [1.54, 1.807) is 25.2 Å². The molecule has 5 heteroatoms. The van der Waals surface area contributed by atoms with E-state index in [2.05, 4.69) is 0 Å². The highest BCUT2D eigenvalue weighted by Gasteiger charge is 2.19. The fourth-order valence-electron chi connectivity index (χ4n) is 2.42. The van der Waals surface area contributed by atoms with Crippen molar-refractivity contribution in [3.8, 4) is 0 Å².